The Morgan fingerprint density at radius 1 is 1.42 bits per heavy atom. The van der Waals surface area contributed by atoms with Gasteiger partial charge in [-0.3, -0.25) is 0 Å². The van der Waals surface area contributed by atoms with Crippen LogP contribution in [0.15, 0.2) is 17.8 Å². The topological polar surface area (TPSA) is 49.2 Å². The van der Waals surface area contributed by atoms with E-state index in [1.807, 2.05) is 0 Å². The predicted molar refractivity (Wildman–Crippen MR) is 63.7 cm³/mol. The molecule has 104 valence electrons. The van der Waals surface area contributed by atoms with E-state index in [9.17, 15) is 13.2 Å². The highest BCUT2D eigenvalue weighted by molar-refractivity contribution is 5.36. The number of anilines is 1. The lowest BCUT2D eigenvalue weighted by atomic mass is 10.1. The largest absolute Gasteiger partial charge is 0.412 e. The molecule has 0 radical (unpaired) electrons. The molecule has 19 heavy (non-hydrogen) atoms. The summed E-state index contributed by atoms with van der Waals surface area (Å²) in [5.41, 5.74) is 0.762. The van der Waals surface area contributed by atoms with E-state index in [4.69, 9.17) is 5.11 Å². The quantitative estimate of drug-likeness (QED) is 0.837. The molecule has 4 nitrogen and oxygen atoms in total. The minimum atomic E-state index is -4.25. The fraction of sp³-hybridized carbons (Fsp3) is 0.500. The Morgan fingerprint density at radius 3 is 2.63 bits per heavy atom. The average Bonchev–Trinajstić information content (AvgIpc) is 2.38. The molecule has 0 saturated heterocycles. The van der Waals surface area contributed by atoms with Crippen molar-refractivity contribution in [3.8, 4) is 0 Å². The molecule has 7 heteroatoms. The number of aromatic nitrogens is 2. The second-order valence-corrected chi connectivity index (χ2v) is 4.36. The fourth-order valence-corrected chi connectivity index (χ4v) is 1.90. The summed E-state index contributed by atoms with van der Waals surface area (Å²) in [6, 6.07) is 0. The van der Waals surface area contributed by atoms with E-state index in [0.29, 0.717) is 17.2 Å². The highest BCUT2D eigenvalue weighted by Gasteiger charge is 2.35. The fourth-order valence-electron chi connectivity index (χ4n) is 1.90. The molecule has 0 unspecified atom stereocenters. The molecule has 1 aromatic rings. The number of aliphatic hydroxyl groups is 1. The Balaban J connectivity index is 2.14. The summed E-state index contributed by atoms with van der Waals surface area (Å²) in [5, 5.41) is 9.02. The molecule has 0 spiro atoms. The van der Waals surface area contributed by atoms with Crippen molar-refractivity contribution in [2.75, 3.05) is 18.0 Å². The van der Waals surface area contributed by atoms with Crippen molar-refractivity contribution < 1.29 is 18.3 Å². The molecule has 0 fully saturated rings. The zero-order valence-electron chi connectivity index (χ0n) is 10.4. The molecule has 0 aromatic carbocycles. The van der Waals surface area contributed by atoms with Gasteiger partial charge in [-0.05, 0) is 13.3 Å². The summed E-state index contributed by atoms with van der Waals surface area (Å²) in [4.78, 5) is 9.95. The number of hydrogen-bond donors (Lipinski definition) is 1. The van der Waals surface area contributed by atoms with E-state index < -0.39 is 11.7 Å². The van der Waals surface area contributed by atoms with E-state index in [-0.39, 0.29) is 26.1 Å². The monoisotopic (exact) mass is 273 g/mol. The van der Waals surface area contributed by atoms with Crippen LogP contribution in [0.5, 0.6) is 0 Å². The Morgan fingerprint density at radius 2 is 2.16 bits per heavy atom. The molecule has 0 atom stereocenters. The zero-order chi connectivity index (χ0) is 14.0. The lowest BCUT2D eigenvalue weighted by molar-refractivity contribution is -0.0944. The Labute approximate surface area is 108 Å². The summed E-state index contributed by atoms with van der Waals surface area (Å²) in [6.07, 6.45) is -1.64. The van der Waals surface area contributed by atoms with Gasteiger partial charge in [0.2, 0.25) is 5.95 Å². The lowest BCUT2D eigenvalue weighted by Crippen LogP contribution is -2.33. The summed E-state index contributed by atoms with van der Waals surface area (Å²) < 4.78 is 37.5. The van der Waals surface area contributed by atoms with Crippen LogP contribution in [0, 0.1) is 6.92 Å². The van der Waals surface area contributed by atoms with Crippen molar-refractivity contribution in [2.45, 2.75) is 26.1 Å². The summed E-state index contributed by atoms with van der Waals surface area (Å²) in [6.45, 7) is 1.97. The van der Waals surface area contributed by atoms with Gasteiger partial charge >= 0.3 is 6.18 Å². The van der Waals surface area contributed by atoms with Crippen molar-refractivity contribution in [3.05, 3.63) is 29.1 Å². The molecule has 0 amide bonds. The number of aliphatic hydroxyl groups excluding tert-OH is 1. The SMILES string of the molecule is Cc1nc(N2CC=C(C(F)(F)F)CC2)ncc1CO. The molecule has 2 heterocycles. The van der Waals surface area contributed by atoms with Crippen molar-refractivity contribution in [2.24, 2.45) is 0 Å². The van der Waals surface area contributed by atoms with Crippen LogP contribution in [-0.4, -0.2) is 34.3 Å². The molecule has 1 N–H and O–H groups in total. The molecule has 0 aliphatic carbocycles. The third-order valence-electron chi connectivity index (χ3n) is 3.09. The normalized spacial score (nSPS) is 16.5. The second kappa shape index (κ2) is 5.16. The molecule has 1 aromatic heterocycles. The number of nitrogens with zero attached hydrogens (tertiary/aromatic N) is 3. The minimum Gasteiger partial charge on any atom is -0.392 e. The third kappa shape index (κ3) is 3.04. The van der Waals surface area contributed by atoms with E-state index in [2.05, 4.69) is 9.97 Å². The van der Waals surface area contributed by atoms with Crippen molar-refractivity contribution in [1.29, 1.82) is 0 Å². The highest BCUT2D eigenvalue weighted by atomic mass is 19.4. The smallest absolute Gasteiger partial charge is 0.392 e. The summed E-state index contributed by atoms with van der Waals surface area (Å²) in [7, 11) is 0. The van der Waals surface area contributed by atoms with Gasteiger partial charge in [0.05, 0.1) is 6.61 Å². The van der Waals surface area contributed by atoms with E-state index in [1.165, 1.54) is 12.3 Å². The molecule has 0 bridgehead atoms. The van der Waals surface area contributed by atoms with Crippen LogP contribution >= 0.6 is 0 Å². The standard InChI is InChI=1S/C12H14F3N3O/c1-8-9(7-19)6-16-11(17-8)18-4-2-10(3-5-18)12(13,14)15/h2,6,19H,3-5,7H2,1H3. The third-order valence-corrected chi connectivity index (χ3v) is 3.09. The van der Waals surface area contributed by atoms with Crippen molar-refractivity contribution in [3.63, 3.8) is 0 Å². The average molecular weight is 273 g/mol. The van der Waals surface area contributed by atoms with Crippen LogP contribution in [-0.2, 0) is 6.61 Å². The maximum atomic E-state index is 12.5. The van der Waals surface area contributed by atoms with Gasteiger partial charge in [-0.2, -0.15) is 13.2 Å². The predicted octanol–water partition coefficient (Wildman–Crippen LogP) is 1.98. The first-order valence-electron chi connectivity index (χ1n) is 5.86. The molecule has 0 saturated carbocycles. The van der Waals surface area contributed by atoms with Crippen LogP contribution in [0.3, 0.4) is 0 Å². The van der Waals surface area contributed by atoms with Gasteiger partial charge in [-0.1, -0.05) is 6.08 Å². The lowest BCUT2D eigenvalue weighted by Gasteiger charge is -2.27. The Kier molecular flexibility index (Phi) is 3.75. The summed E-state index contributed by atoms with van der Waals surface area (Å²) >= 11 is 0. The maximum Gasteiger partial charge on any atom is 0.412 e. The van der Waals surface area contributed by atoms with E-state index in [1.54, 1.807) is 11.8 Å². The number of aryl methyl sites for hydroxylation is 1. The van der Waals surface area contributed by atoms with Crippen LogP contribution in [0.4, 0.5) is 19.1 Å². The van der Waals surface area contributed by atoms with Gasteiger partial charge in [0.25, 0.3) is 0 Å². The highest BCUT2D eigenvalue weighted by Crippen LogP contribution is 2.30. The first-order valence-corrected chi connectivity index (χ1v) is 5.86. The molecule has 2 rings (SSSR count). The van der Waals surface area contributed by atoms with E-state index >= 15 is 0 Å². The van der Waals surface area contributed by atoms with Gasteiger partial charge in [0.1, 0.15) is 0 Å². The molecular formula is C12H14F3N3O. The molecular weight excluding hydrogens is 259 g/mol. The second-order valence-electron chi connectivity index (χ2n) is 4.36. The van der Waals surface area contributed by atoms with Crippen molar-refractivity contribution >= 4 is 5.95 Å². The minimum absolute atomic E-state index is 0.0618. The Hall–Kier alpha value is -1.63. The first-order chi connectivity index (χ1) is 8.91. The zero-order valence-corrected chi connectivity index (χ0v) is 10.4. The van der Waals surface area contributed by atoms with Crippen molar-refractivity contribution in [1.82, 2.24) is 9.97 Å². The van der Waals surface area contributed by atoms with Gasteiger partial charge < -0.3 is 10.0 Å². The summed E-state index contributed by atoms with van der Waals surface area (Å²) in [5.74, 6) is 0.396. The first kappa shape index (κ1) is 13.8. The van der Waals surface area contributed by atoms with Crippen LogP contribution in [0.25, 0.3) is 0 Å². The number of alkyl halides is 3. The van der Waals surface area contributed by atoms with Gasteiger partial charge in [-0.15, -0.1) is 0 Å². The molecule has 1 aliphatic heterocycles. The van der Waals surface area contributed by atoms with Gasteiger partial charge in [-0.25, -0.2) is 9.97 Å². The van der Waals surface area contributed by atoms with Gasteiger partial charge in [0, 0.05) is 36.1 Å². The van der Waals surface area contributed by atoms with Crippen LogP contribution < -0.4 is 4.90 Å². The van der Waals surface area contributed by atoms with Crippen LogP contribution in [0.2, 0.25) is 0 Å². The number of halogens is 3. The Bertz CT molecular complexity index is 499. The number of rotatable bonds is 2. The number of hydrogen-bond acceptors (Lipinski definition) is 4. The molecule has 1 aliphatic rings. The van der Waals surface area contributed by atoms with Crippen LogP contribution in [0.1, 0.15) is 17.7 Å². The van der Waals surface area contributed by atoms with Gasteiger partial charge in [0.15, 0.2) is 0 Å². The van der Waals surface area contributed by atoms with E-state index in [0.717, 1.165) is 0 Å². The maximum absolute atomic E-state index is 12.5.